The molecule has 2 N–H and O–H groups in total. The Balaban J connectivity index is 1.43. The van der Waals surface area contributed by atoms with Crippen molar-refractivity contribution in [3.8, 4) is 0 Å². The van der Waals surface area contributed by atoms with Crippen molar-refractivity contribution in [2.24, 2.45) is 17.8 Å². The first-order chi connectivity index (χ1) is 12.0. The molecule has 2 fully saturated rings. The molecule has 1 aromatic rings. The van der Waals surface area contributed by atoms with Crippen LogP contribution in [0.15, 0.2) is 24.3 Å². The van der Waals surface area contributed by atoms with Gasteiger partial charge < -0.3 is 10.6 Å². The van der Waals surface area contributed by atoms with Crippen molar-refractivity contribution in [1.82, 2.24) is 10.6 Å². The zero-order valence-electron chi connectivity index (χ0n) is 15.4. The molecule has 0 saturated heterocycles. The van der Waals surface area contributed by atoms with E-state index in [1.54, 1.807) is 0 Å². The van der Waals surface area contributed by atoms with E-state index in [9.17, 15) is 9.59 Å². The molecule has 0 aromatic heterocycles. The summed E-state index contributed by atoms with van der Waals surface area (Å²) in [6.07, 6.45) is 6.88. The number of benzene rings is 1. The summed E-state index contributed by atoms with van der Waals surface area (Å²) in [5.74, 6) is 2.40. The predicted octanol–water partition coefficient (Wildman–Crippen LogP) is 3.66. The van der Waals surface area contributed by atoms with E-state index < -0.39 is 0 Å². The van der Waals surface area contributed by atoms with Crippen molar-refractivity contribution in [1.29, 1.82) is 0 Å². The molecule has 4 nitrogen and oxygen atoms in total. The van der Waals surface area contributed by atoms with Gasteiger partial charge >= 0.3 is 0 Å². The van der Waals surface area contributed by atoms with E-state index in [1.165, 1.54) is 25.7 Å². The predicted molar refractivity (Wildman–Crippen MR) is 99.1 cm³/mol. The number of hydrogen-bond acceptors (Lipinski definition) is 2. The molecule has 0 unspecified atom stereocenters. The van der Waals surface area contributed by atoms with Crippen LogP contribution in [0.3, 0.4) is 0 Å². The normalized spacial score (nSPS) is 25.6. The van der Waals surface area contributed by atoms with Gasteiger partial charge in [0.1, 0.15) is 0 Å². The molecule has 0 heterocycles. The Morgan fingerprint density at radius 2 is 1.92 bits per heavy atom. The maximum Gasteiger partial charge on any atom is 0.251 e. The highest BCUT2D eigenvalue weighted by atomic mass is 16.2. The van der Waals surface area contributed by atoms with Gasteiger partial charge in [-0.3, -0.25) is 9.59 Å². The summed E-state index contributed by atoms with van der Waals surface area (Å²) in [7, 11) is 0. The van der Waals surface area contributed by atoms with Crippen molar-refractivity contribution in [2.75, 3.05) is 0 Å². The summed E-state index contributed by atoms with van der Waals surface area (Å²) in [5, 5.41) is 6.00. The number of rotatable bonds is 7. The van der Waals surface area contributed by atoms with Gasteiger partial charge in [0, 0.05) is 24.6 Å². The van der Waals surface area contributed by atoms with Gasteiger partial charge in [-0.15, -0.1) is 0 Å². The fourth-order valence-electron chi connectivity index (χ4n) is 4.32. The number of amides is 2. The van der Waals surface area contributed by atoms with E-state index in [-0.39, 0.29) is 17.9 Å². The summed E-state index contributed by atoms with van der Waals surface area (Å²) in [4.78, 5) is 24.3. The maximum absolute atomic E-state index is 12.2. The Kier molecular flexibility index (Phi) is 5.77. The first kappa shape index (κ1) is 18.0. The number of carbonyl (C=O) groups excluding carboxylic acids is 2. The van der Waals surface area contributed by atoms with Crippen LogP contribution < -0.4 is 10.6 Å². The Morgan fingerprint density at radius 1 is 1.16 bits per heavy atom. The van der Waals surface area contributed by atoms with Crippen molar-refractivity contribution >= 4 is 11.8 Å². The molecule has 4 atom stereocenters. The van der Waals surface area contributed by atoms with Gasteiger partial charge in [0.05, 0.1) is 0 Å². The molecule has 2 saturated carbocycles. The van der Waals surface area contributed by atoms with Crippen LogP contribution in [0.2, 0.25) is 0 Å². The van der Waals surface area contributed by atoms with E-state index in [1.807, 2.05) is 38.1 Å². The molecule has 1 aromatic carbocycles. The Bertz CT molecular complexity index is 611. The lowest BCUT2D eigenvalue weighted by Gasteiger charge is -2.20. The van der Waals surface area contributed by atoms with Crippen LogP contribution in [0, 0.1) is 17.8 Å². The van der Waals surface area contributed by atoms with E-state index in [0.29, 0.717) is 24.4 Å². The van der Waals surface area contributed by atoms with Crippen LogP contribution in [-0.2, 0) is 11.3 Å². The highest BCUT2D eigenvalue weighted by molar-refractivity contribution is 5.94. The second-order valence-corrected chi connectivity index (χ2v) is 7.90. The van der Waals surface area contributed by atoms with E-state index in [0.717, 1.165) is 23.8 Å². The van der Waals surface area contributed by atoms with Gasteiger partial charge in [0.25, 0.3) is 5.91 Å². The lowest BCUT2D eigenvalue weighted by molar-refractivity contribution is -0.122. The van der Waals surface area contributed by atoms with Gasteiger partial charge in [0.15, 0.2) is 0 Å². The van der Waals surface area contributed by atoms with Gasteiger partial charge in [-0.1, -0.05) is 25.5 Å². The SMILES string of the molecule is CC[C@H](C)NC(=O)c1ccc(CNC(=O)C[C@H]2C[C@@H]3CC[C@@H]2C3)cc1. The van der Waals surface area contributed by atoms with Crippen LogP contribution in [0.4, 0.5) is 0 Å². The standard InChI is InChI=1S/C21H30N2O2/c1-3-14(2)23-21(25)17-7-4-15(5-8-17)13-22-20(24)12-19-11-16-6-9-18(19)10-16/h4-5,7-8,14,16,18-19H,3,6,9-13H2,1-2H3,(H,22,24)(H,23,25)/t14-,16+,18+,19+/m0/s1. The summed E-state index contributed by atoms with van der Waals surface area (Å²) >= 11 is 0. The largest absolute Gasteiger partial charge is 0.352 e. The minimum atomic E-state index is -0.0405. The maximum atomic E-state index is 12.2. The monoisotopic (exact) mass is 342 g/mol. The third-order valence-corrected chi connectivity index (χ3v) is 6.03. The molecule has 2 amide bonds. The minimum absolute atomic E-state index is 0.0405. The molecular formula is C21H30N2O2. The molecule has 3 rings (SSSR count). The van der Waals surface area contributed by atoms with E-state index in [4.69, 9.17) is 0 Å². The molecule has 25 heavy (non-hydrogen) atoms. The highest BCUT2D eigenvalue weighted by Crippen LogP contribution is 2.49. The molecule has 0 aliphatic heterocycles. The zero-order chi connectivity index (χ0) is 17.8. The van der Waals surface area contributed by atoms with Gasteiger partial charge in [-0.25, -0.2) is 0 Å². The number of hydrogen-bond donors (Lipinski definition) is 2. The molecule has 2 aliphatic rings. The smallest absolute Gasteiger partial charge is 0.251 e. The van der Waals surface area contributed by atoms with Crippen LogP contribution >= 0.6 is 0 Å². The third-order valence-electron chi connectivity index (χ3n) is 6.03. The summed E-state index contributed by atoms with van der Waals surface area (Å²) < 4.78 is 0. The van der Waals surface area contributed by atoms with E-state index >= 15 is 0 Å². The second kappa shape index (κ2) is 8.03. The van der Waals surface area contributed by atoms with Crippen molar-refractivity contribution < 1.29 is 9.59 Å². The third kappa shape index (κ3) is 4.62. The summed E-state index contributed by atoms with van der Waals surface area (Å²) in [6, 6.07) is 7.68. The minimum Gasteiger partial charge on any atom is -0.352 e. The average Bonchev–Trinajstić information content (AvgIpc) is 3.23. The van der Waals surface area contributed by atoms with Crippen LogP contribution in [-0.4, -0.2) is 17.9 Å². The molecule has 0 radical (unpaired) electrons. The number of fused-ring (bicyclic) bond motifs is 2. The summed E-state index contributed by atoms with van der Waals surface area (Å²) in [6.45, 7) is 4.58. The second-order valence-electron chi connectivity index (χ2n) is 7.90. The van der Waals surface area contributed by atoms with Crippen LogP contribution in [0.1, 0.15) is 68.3 Å². The van der Waals surface area contributed by atoms with Crippen LogP contribution in [0.25, 0.3) is 0 Å². The van der Waals surface area contributed by atoms with E-state index in [2.05, 4.69) is 10.6 Å². The number of carbonyl (C=O) groups is 2. The quantitative estimate of drug-likeness (QED) is 0.794. The molecule has 136 valence electrons. The molecule has 2 bridgehead atoms. The van der Waals surface area contributed by atoms with Gasteiger partial charge in [0.2, 0.25) is 5.91 Å². The lowest BCUT2D eigenvalue weighted by atomic mass is 9.86. The first-order valence-corrected chi connectivity index (χ1v) is 9.71. The van der Waals surface area contributed by atoms with Gasteiger partial charge in [-0.05, 0) is 68.1 Å². The van der Waals surface area contributed by atoms with Crippen LogP contribution in [0.5, 0.6) is 0 Å². The van der Waals surface area contributed by atoms with Crippen molar-refractivity contribution in [3.63, 3.8) is 0 Å². The fraction of sp³-hybridized carbons (Fsp3) is 0.619. The highest BCUT2D eigenvalue weighted by Gasteiger charge is 2.39. The Morgan fingerprint density at radius 3 is 2.52 bits per heavy atom. The van der Waals surface area contributed by atoms with Crippen molar-refractivity contribution in [3.05, 3.63) is 35.4 Å². The molecule has 4 heteroatoms. The molecular weight excluding hydrogens is 312 g/mol. The first-order valence-electron chi connectivity index (χ1n) is 9.71. The topological polar surface area (TPSA) is 58.2 Å². The summed E-state index contributed by atoms with van der Waals surface area (Å²) in [5.41, 5.74) is 1.69. The fourth-order valence-corrected chi connectivity index (χ4v) is 4.32. The Labute approximate surface area is 150 Å². The molecule has 0 spiro atoms. The average molecular weight is 342 g/mol. The number of nitrogens with one attached hydrogen (secondary N) is 2. The van der Waals surface area contributed by atoms with Crippen molar-refractivity contribution in [2.45, 2.75) is 65.0 Å². The lowest BCUT2D eigenvalue weighted by Crippen LogP contribution is -2.31. The van der Waals surface area contributed by atoms with Gasteiger partial charge in [-0.2, -0.15) is 0 Å². The zero-order valence-corrected chi connectivity index (χ0v) is 15.4. The Hall–Kier alpha value is -1.84. The molecule has 2 aliphatic carbocycles.